The zero-order valence-corrected chi connectivity index (χ0v) is 11.6. The van der Waals surface area contributed by atoms with Gasteiger partial charge in [-0.05, 0) is 23.3 Å². The SMILES string of the molecule is COc1ccc(C(O)C(N)c2ccccc2)cc1OC. The largest absolute Gasteiger partial charge is 0.493 e. The number of aliphatic hydroxyl groups excluding tert-OH is 1. The van der Waals surface area contributed by atoms with Crippen molar-refractivity contribution in [2.24, 2.45) is 5.73 Å². The molecular weight excluding hydrogens is 254 g/mol. The van der Waals surface area contributed by atoms with E-state index in [0.29, 0.717) is 17.1 Å². The summed E-state index contributed by atoms with van der Waals surface area (Å²) in [4.78, 5) is 0. The molecule has 0 radical (unpaired) electrons. The summed E-state index contributed by atoms with van der Waals surface area (Å²) in [6, 6.07) is 14.3. The second-order valence-electron chi connectivity index (χ2n) is 4.50. The van der Waals surface area contributed by atoms with Crippen LogP contribution >= 0.6 is 0 Å². The van der Waals surface area contributed by atoms with E-state index in [4.69, 9.17) is 15.2 Å². The molecule has 2 unspecified atom stereocenters. The summed E-state index contributed by atoms with van der Waals surface area (Å²) in [7, 11) is 3.13. The first-order valence-electron chi connectivity index (χ1n) is 6.38. The lowest BCUT2D eigenvalue weighted by Crippen LogP contribution is -2.19. The fourth-order valence-electron chi connectivity index (χ4n) is 2.10. The van der Waals surface area contributed by atoms with Crippen LogP contribution in [-0.4, -0.2) is 19.3 Å². The smallest absolute Gasteiger partial charge is 0.161 e. The first-order valence-corrected chi connectivity index (χ1v) is 6.38. The average Bonchev–Trinajstić information content (AvgIpc) is 2.53. The van der Waals surface area contributed by atoms with Crippen molar-refractivity contribution in [2.45, 2.75) is 12.1 Å². The molecule has 4 nitrogen and oxygen atoms in total. The Labute approximate surface area is 118 Å². The molecule has 3 N–H and O–H groups in total. The third-order valence-corrected chi connectivity index (χ3v) is 3.27. The van der Waals surface area contributed by atoms with Crippen LogP contribution in [0.3, 0.4) is 0 Å². The summed E-state index contributed by atoms with van der Waals surface area (Å²) in [6.45, 7) is 0. The third kappa shape index (κ3) is 2.92. The highest BCUT2D eigenvalue weighted by molar-refractivity contribution is 5.44. The number of benzene rings is 2. The lowest BCUT2D eigenvalue weighted by Gasteiger charge is -2.20. The fraction of sp³-hybridized carbons (Fsp3) is 0.250. The highest BCUT2D eigenvalue weighted by Crippen LogP contribution is 2.33. The third-order valence-electron chi connectivity index (χ3n) is 3.27. The van der Waals surface area contributed by atoms with Crippen LogP contribution in [0.2, 0.25) is 0 Å². The molecule has 0 fully saturated rings. The molecule has 20 heavy (non-hydrogen) atoms. The van der Waals surface area contributed by atoms with Crippen LogP contribution in [0, 0.1) is 0 Å². The summed E-state index contributed by atoms with van der Waals surface area (Å²) < 4.78 is 10.4. The molecule has 106 valence electrons. The number of hydrogen-bond acceptors (Lipinski definition) is 4. The quantitative estimate of drug-likeness (QED) is 0.878. The van der Waals surface area contributed by atoms with E-state index >= 15 is 0 Å². The Balaban J connectivity index is 2.27. The number of aliphatic hydroxyl groups is 1. The normalized spacial score (nSPS) is 13.6. The van der Waals surface area contributed by atoms with Gasteiger partial charge >= 0.3 is 0 Å². The van der Waals surface area contributed by atoms with E-state index in [9.17, 15) is 5.11 Å². The average molecular weight is 273 g/mol. The van der Waals surface area contributed by atoms with Gasteiger partial charge in [-0.2, -0.15) is 0 Å². The zero-order valence-electron chi connectivity index (χ0n) is 11.6. The predicted octanol–water partition coefficient (Wildman–Crippen LogP) is 2.44. The molecule has 2 aromatic carbocycles. The molecule has 0 bridgehead atoms. The van der Waals surface area contributed by atoms with Crippen molar-refractivity contribution in [1.29, 1.82) is 0 Å². The maximum atomic E-state index is 10.4. The van der Waals surface area contributed by atoms with Gasteiger partial charge in [0.25, 0.3) is 0 Å². The van der Waals surface area contributed by atoms with Crippen LogP contribution in [0.15, 0.2) is 48.5 Å². The van der Waals surface area contributed by atoms with Crippen LogP contribution < -0.4 is 15.2 Å². The fourth-order valence-corrected chi connectivity index (χ4v) is 2.10. The van der Waals surface area contributed by atoms with Gasteiger partial charge in [0, 0.05) is 0 Å². The maximum Gasteiger partial charge on any atom is 0.161 e. The monoisotopic (exact) mass is 273 g/mol. The van der Waals surface area contributed by atoms with E-state index in [-0.39, 0.29) is 0 Å². The van der Waals surface area contributed by atoms with Crippen molar-refractivity contribution in [3.8, 4) is 11.5 Å². The summed E-state index contributed by atoms with van der Waals surface area (Å²) in [5.41, 5.74) is 7.69. The van der Waals surface area contributed by atoms with Crippen molar-refractivity contribution in [2.75, 3.05) is 14.2 Å². The second-order valence-corrected chi connectivity index (χ2v) is 4.50. The Morgan fingerprint density at radius 1 is 0.900 bits per heavy atom. The molecule has 0 aliphatic heterocycles. The number of nitrogens with two attached hydrogens (primary N) is 1. The Kier molecular flexibility index (Phi) is 4.61. The van der Waals surface area contributed by atoms with Crippen molar-refractivity contribution in [3.05, 3.63) is 59.7 Å². The summed E-state index contributed by atoms with van der Waals surface area (Å²) in [5, 5.41) is 10.4. The Hall–Kier alpha value is -2.04. The second kappa shape index (κ2) is 6.41. The number of rotatable bonds is 5. The van der Waals surface area contributed by atoms with Gasteiger partial charge in [-0.25, -0.2) is 0 Å². The molecule has 0 spiro atoms. The maximum absolute atomic E-state index is 10.4. The standard InChI is InChI=1S/C16H19NO3/c1-19-13-9-8-12(10-14(13)20-2)16(18)15(17)11-6-4-3-5-7-11/h3-10,15-16,18H,17H2,1-2H3. The van der Waals surface area contributed by atoms with Gasteiger partial charge in [0.05, 0.1) is 26.4 Å². The Morgan fingerprint density at radius 3 is 2.15 bits per heavy atom. The van der Waals surface area contributed by atoms with E-state index < -0.39 is 12.1 Å². The molecule has 0 aliphatic carbocycles. The molecule has 2 atom stereocenters. The molecule has 0 aromatic heterocycles. The minimum Gasteiger partial charge on any atom is -0.493 e. The highest BCUT2D eigenvalue weighted by Gasteiger charge is 2.20. The van der Waals surface area contributed by atoms with E-state index in [2.05, 4.69) is 0 Å². The Morgan fingerprint density at radius 2 is 1.55 bits per heavy atom. The molecule has 0 saturated carbocycles. The number of methoxy groups -OCH3 is 2. The van der Waals surface area contributed by atoms with Crippen LogP contribution in [0.4, 0.5) is 0 Å². The lowest BCUT2D eigenvalue weighted by atomic mass is 9.96. The van der Waals surface area contributed by atoms with E-state index in [1.165, 1.54) is 0 Å². The molecule has 2 aromatic rings. The van der Waals surface area contributed by atoms with E-state index in [1.54, 1.807) is 32.4 Å². The summed E-state index contributed by atoms with van der Waals surface area (Å²) >= 11 is 0. The van der Waals surface area contributed by atoms with Crippen molar-refractivity contribution < 1.29 is 14.6 Å². The van der Waals surface area contributed by atoms with Crippen LogP contribution in [0.25, 0.3) is 0 Å². The molecule has 0 saturated heterocycles. The van der Waals surface area contributed by atoms with Gasteiger partial charge in [-0.3, -0.25) is 0 Å². The van der Waals surface area contributed by atoms with Gasteiger partial charge in [-0.15, -0.1) is 0 Å². The molecular formula is C16H19NO3. The molecule has 0 heterocycles. The molecule has 4 heteroatoms. The summed E-state index contributed by atoms with van der Waals surface area (Å²) in [6.07, 6.45) is -0.808. The number of ether oxygens (including phenoxy) is 2. The van der Waals surface area contributed by atoms with Crippen LogP contribution in [-0.2, 0) is 0 Å². The molecule has 0 aliphatic rings. The molecule has 2 rings (SSSR count). The van der Waals surface area contributed by atoms with E-state index in [1.807, 2.05) is 30.3 Å². The number of hydrogen-bond donors (Lipinski definition) is 2. The van der Waals surface area contributed by atoms with Gasteiger partial charge in [0.1, 0.15) is 0 Å². The lowest BCUT2D eigenvalue weighted by molar-refractivity contribution is 0.146. The van der Waals surface area contributed by atoms with Gasteiger partial charge in [0.2, 0.25) is 0 Å². The van der Waals surface area contributed by atoms with Crippen LogP contribution in [0.5, 0.6) is 11.5 Å². The van der Waals surface area contributed by atoms with Gasteiger partial charge in [-0.1, -0.05) is 36.4 Å². The molecule has 0 amide bonds. The highest BCUT2D eigenvalue weighted by atomic mass is 16.5. The van der Waals surface area contributed by atoms with Crippen molar-refractivity contribution >= 4 is 0 Å². The first kappa shape index (κ1) is 14.4. The topological polar surface area (TPSA) is 64.7 Å². The van der Waals surface area contributed by atoms with Crippen molar-refractivity contribution in [3.63, 3.8) is 0 Å². The van der Waals surface area contributed by atoms with Crippen molar-refractivity contribution in [1.82, 2.24) is 0 Å². The Bertz CT molecular complexity index is 557. The van der Waals surface area contributed by atoms with Crippen LogP contribution in [0.1, 0.15) is 23.3 Å². The van der Waals surface area contributed by atoms with Gasteiger partial charge in [0.15, 0.2) is 11.5 Å². The minimum atomic E-state index is -0.808. The minimum absolute atomic E-state index is 0.491. The van der Waals surface area contributed by atoms with Gasteiger partial charge < -0.3 is 20.3 Å². The summed E-state index contributed by atoms with van der Waals surface area (Å²) in [5.74, 6) is 1.20. The zero-order chi connectivity index (χ0) is 14.5. The van der Waals surface area contributed by atoms with E-state index in [0.717, 1.165) is 5.56 Å². The first-order chi connectivity index (χ1) is 9.67. The predicted molar refractivity (Wildman–Crippen MR) is 77.9 cm³/mol.